The summed E-state index contributed by atoms with van der Waals surface area (Å²) in [7, 11) is 0. The van der Waals surface area contributed by atoms with Gasteiger partial charge in [-0.3, -0.25) is 0 Å². The average Bonchev–Trinajstić information content (AvgIpc) is 2.48. The zero-order valence-corrected chi connectivity index (χ0v) is 12.8. The van der Waals surface area contributed by atoms with Gasteiger partial charge in [0.05, 0.1) is 5.02 Å². The molecule has 2 aromatic carbocycles. The Labute approximate surface area is 129 Å². The molecule has 1 unspecified atom stereocenters. The first-order valence-corrected chi connectivity index (χ1v) is 7.23. The summed E-state index contributed by atoms with van der Waals surface area (Å²) in [5.74, 6) is 0.964. The Kier molecular flexibility index (Phi) is 5.30. The highest BCUT2D eigenvalue weighted by molar-refractivity contribution is 6.42. The molecule has 2 nitrogen and oxygen atoms in total. The lowest BCUT2D eigenvalue weighted by molar-refractivity contribution is 0.306. The van der Waals surface area contributed by atoms with Gasteiger partial charge in [-0.1, -0.05) is 60.5 Å². The third kappa shape index (κ3) is 3.66. The molecule has 0 bridgehead atoms. The maximum atomic E-state index is 6.07. The van der Waals surface area contributed by atoms with Crippen molar-refractivity contribution in [2.24, 2.45) is 5.73 Å². The van der Waals surface area contributed by atoms with Crippen molar-refractivity contribution in [1.82, 2.24) is 0 Å². The molecule has 20 heavy (non-hydrogen) atoms. The van der Waals surface area contributed by atoms with E-state index in [4.69, 9.17) is 33.7 Å². The smallest absolute Gasteiger partial charge is 0.139 e. The van der Waals surface area contributed by atoms with Crippen molar-refractivity contribution in [2.45, 2.75) is 19.4 Å². The molecular weight excluding hydrogens is 293 g/mol. The van der Waals surface area contributed by atoms with Gasteiger partial charge in [-0.2, -0.15) is 0 Å². The third-order valence-corrected chi connectivity index (χ3v) is 4.01. The summed E-state index contributed by atoms with van der Waals surface area (Å²) in [5, 5.41) is 0.943. The Morgan fingerprint density at radius 1 is 1.10 bits per heavy atom. The maximum Gasteiger partial charge on any atom is 0.139 e. The first-order valence-electron chi connectivity index (χ1n) is 6.47. The van der Waals surface area contributed by atoms with E-state index in [1.807, 2.05) is 18.2 Å². The van der Waals surface area contributed by atoms with E-state index in [0.29, 0.717) is 34.9 Å². The van der Waals surface area contributed by atoms with E-state index in [1.54, 1.807) is 12.1 Å². The molecule has 1 atom stereocenters. The van der Waals surface area contributed by atoms with Gasteiger partial charge in [-0.15, -0.1) is 0 Å². The van der Waals surface area contributed by atoms with Gasteiger partial charge in [0.25, 0.3) is 0 Å². The van der Waals surface area contributed by atoms with E-state index in [9.17, 15) is 0 Å². The number of ether oxygens (including phenoxy) is 1. The second kappa shape index (κ2) is 6.98. The molecule has 4 heteroatoms. The predicted octanol–water partition coefficient (Wildman–Crippen LogP) is 4.63. The van der Waals surface area contributed by atoms with Crippen LogP contribution < -0.4 is 10.5 Å². The van der Waals surface area contributed by atoms with E-state index >= 15 is 0 Å². The summed E-state index contributed by atoms with van der Waals surface area (Å²) >= 11 is 12.0. The van der Waals surface area contributed by atoms with Crippen LogP contribution in [0.15, 0.2) is 42.5 Å². The van der Waals surface area contributed by atoms with Crippen LogP contribution in [0.3, 0.4) is 0 Å². The van der Waals surface area contributed by atoms with E-state index in [1.165, 1.54) is 5.56 Å². The molecule has 2 aromatic rings. The minimum Gasteiger partial charge on any atom is -0.487 e. The number of halogens is 2. The molecule has 0 heterocycles. The monoisotopic (exact) mass is 309 g/mol. The summed E-state index contributed by atoms with van der Waals surface area (Å²) in [6.07, 6.45) is 0. The highest BCUT2D eigenvalue weighted by atomic mass is 35.5. The van der Waals surface area contributed by atoms with Gasteiger partial charge in [-0.25, -0.2) is 0 Å². The largest absolute Gasteiger partial charge is 0.487 e. The van der Waals surface area contributed by atoms with Gasteiger partial charge in [0.15, 0.2) is 0 Å². The first kappa shape index (κ1) is 15.2. The van der Waals surface area contributed by atoms with Crippen molar-refractivity contribution in [3.8, 4) is 5.75 Å². The Morgan fingerprint density at radius 2 is 1.80 bits per heavy atom. The lowest BCUT2D eigenvalue weighted by Gasteiger charge is -2.11. The van der Waals surface area contributed by atoms with Crippen LogP contribution >= 0.6 is 23.2 Å². The van der Waals surface area contributed by atoms with Crippen molar-refractivity contribution in [3.05, 3.63) is 63.6 Å². The highest BCUT2D eigenvalue weighted by Crippen LogP contribution is 2.31. The molecule has 2 N–H and O–H groups in total. The molecule has 0 aliphatic heterocycles. The quantitative estimate of drug-likeness (QED) is 0.873. The van der Waals surface area contributed by atoms with Crippen LogP contribution in [0.2, 0.25) is 10.0 Å². The summed E-state index contributed by atoms with van der Waals surface area (Å²) in [6, 6.07) is 13.6. The number of rotatable bonds is 5. The number of benzene rings is 2. The molecule has 0 aliphatic rings. The Morgan fingerprint density at radius 3 is 2.45 bits per heavy atom. The number of hydrogen-bond acceptors (Lipinski definition) is 2. The van der Waals surface area contributed by atoms with E-state index in [2.05, 4.69) is 19.1 Å². The predicted molar refractivity (Wildman–Crippen MR) is 84.7 cm³/mol. The number of nitrogens with two attached hydrogens (primary N) is 1. The van der Waals surface area contributed by atoms with Crippen LogP contribution in [0.1, 0.15) is 24.0 Å². The fourth-order valence-electron chi connectivity index (χ4n) is 1.84. The average molecular weight is 310 g/mol. The van der Waals surface area contributed by atoms with Gasteiger partial charge in [0, 0.05) is 0 Å². The molecule has 0 saturated carbocycles. The third-order valence-electron chi connectivity index (χ3n) is 3.21. The molecule has 0 aliphatic carbocycles. The second-order valence-electron chi connectivity index (χ2n) is 4.72. The van der Waals surface area contributed by atoms with Crippen LogP contribution in [0.25, 0.3) is 0 Å². The summed E-state index contributed by atoms with van der Waals surface area (Å²) in [5.41, 5.74) is 7.97. The molecular formula is C16H17Cl2NO. The van der Waals surface area contributed by atoms with E-state index < -0.39 is 0 Å². The molecule has 0 radical (unpaired) electrons. The van der Waals surface area contributed by atoms with E-state index in [0.717, 1.165) is 5.56 Å². The lowest BCUT2D eigenvalue weighted by atomic mass is 10.0. The lowest BCUT2D eigenvalue weighted by Crippen LogP contribution is -2.08. The fraction of sp³-hybridized carbons (Fsp3) is 0.250. The molecule has 0 spiro atoms. The minimum absolute atomic E-state index is 0.368. The van der Waals surface area contributed by atoms with Gasteiger partial charge >= 0.3 is 0 Å². The van der Waals surface area contributed by atoms with Gasteiger partial charge in [0.1, 0.15) is 17.4 Å². The van der Waals surface area contributed by atoms with Crippen LogP contribution in [-0.2, 0) is 6.61 Å². The van der Waals surface area contributed by atoms with Gasteiger partial charge < -0.3 is 10.5 Å². The molecule has 2 rings (SSSR count). The minimum atomic E-state index is 0.368. The maximum absolute atomic E-state index is 6.07. The normalized spacial score (nSPS) is 12.2. The van der Waals surface area contributed by atoms with Crippen molar-refractivity contribution in [3.63, 3.8) is 0 Å². The van der Waals surface area contributed by atoms with Crippen molar-refractivity contribution in [2.75, 3.05) is 6.54 Å². The summed E-state index contributed by atoms with van der Waals surface area (Å²) in [6.45, 7) is 3.21. The van der Waals surface area contributed by atoms with E-state index in [-0.39, 0.29) is 0 Å². The summed E-state index contributed by atoms with van der Waals surface area (Å²) in [4.78, 5) is 0. The zero-order valence-electron chi connectivity index (χ0n) is 11.3. The van der Waals surface area contributed by atoms with Crippen LogP contribution in [0.4, 0.5) is 0 Å². The Balaban J connectivity index is 2.02. The molecule has 0 amide bonds. The first-order chi connectivity index (χ1) is 9.61. The highest BCUT2D eigenvalue weighted by Gasteiger charge is 2.06. The Hall–Kier alpha value is -1.22. The standard InChI is InChI=1S/C16H17Cl2NO/c1-11(9-19)13-7-5-12(6-8-13)10-20-15-4-2-3-14(17)16(15)18/h2-8,11H,9-10,19H2,1H3. The van der Waals surface area contributed by atoms with Crippen molar-refractivity contribution >= 4 is 23.2 Å². The molecule has 106 valence electrons. The molecule has 0 saturated heterocycles. The van der Waals surface area contributed by atoms with Crippen molar-refractivity contribution < 1.29 is 4.74 Å². The van der Waals surface area contributed by atoms with Crippen LogP contribution in [-0.4, -0.2) is 6.54 Å². The van der Waals surface area contributed by atoms with Crippen LogP contribution in [0.5, 0.6) is 5.75 Å². The van der Waals surface area contributed by atoms with Crippen LogP contribution in [0, 0.1) is 0 Å². The fourth-order valence-corrected chi connectivity index (χ4v) is 2.18. The molecule has 0 aromatic heterocycles. The van der Waals surface area contributed by atoms with Crippen molar-refractivity contribution in [1.29, 1.82) is 0 Å². The Bertz CT molecular complexity index is 569. The van der Waals surface area contributed by atoms with Gasteiger partial charge in [-0.05, 0) is 35.7 Å². The SMILES string of the molecule is CC(CN)c1ccc(COc2cccc(Cl)c2Cl)cc1. The number of hydrogen-bond donors (Lipinski definition) is 1. The topological polar surface area (TPSA) is 35.2 Å². The zero-order chi connectivity index (χ0) is 14.5. The molecule has 0 fully saturated rings. The summed E-state index contributed by atoms with van der Waals surface area (Å²) < 4.78 is 5.69. The second-order valence-corrected chi connectivity index (χ2v) is 5.50. The van der Waals surface area contributed by atoms with Gasteiger partial charge in [0.2, 0.25) is 0 Å².